The van der Waals surface area contributed by atoms with Crippen LogP contribution in [0.25, 0.3) is 11.1 Å². The van der Waals surface area contributed by atoms with E-state index in [0.717, 1.165) is 72.6 Å². The molecule has 0 spiro atoms. The van der Waals surface area contributed by atoms with Gasteiger partial charge in [0.15, 0.2) is 0 Å². The largest absolute Gasteiger partial charge is 0.465 e. The standard InChI is InChI=1S/C29H37N3O3S/c1-18-3-5-21(6-4-18)24-17-36-28(26(24)29(34)35-2)30-25(33)16-31-7-9-32(10-8-31)27-22-12-19-11-20(14-22)15-23(27)13-19/h3-6,17,19-20,22-23,27H,7-16H2,1-2H3,(H,30,33). The molecule has 1 aromatic heterocycles. The zero-order chi connectivity index (χ0) is 24.8. The Labute approximate surface area is 218 Å². The summed E-state index contributed by atoms with van der Waals surface area (Å²) in [4.78, 5) is 30.7. The van der Waals surface area contributed by atoms with Crippen molar-refractivity contribution >= 4 is 28.2 Å². The lowest BCUT2D eigenvalue weighted by Crippen LogP contribution is -2.60. The van der Waals surface area contributed by atoms with Gasteiger partial charge in [0.25, 0.3) is 0 Å². The highest BCUT2D eigenvalue weighted by molar-refractivity contribution is 7.15. The van der Waals surface area contributed by atoms with Crippen molar-refractivity contribution in [3.63, 3.8) is 0 Å². The number of hydrogen-bond acceptors (Lipinski definition) is 6. The molecule has 0 radical (unpaired) electrons. The molecule has 4 bridgehead atoms. The highest BCUT2D eigenvalue weighted by Gasteiger charge is 2.50. The number of rotatable bonds is 6. The van der Waals surface area contributed by atoms with Crippen LogP contribution in [0.5, 0.6) is 0 Å². The number of esters is 1. The summed E-state index contributed by atoms with van der Waals surface area (Å²) in [5.74, 6) is 3.34. The topological polar surface area (TPSA) is 61.9 Å². The minimum atomic E-state index is -0.425. The van der Waals surface area contributed by atoms with Gasteiger partial charge in [-0.2, -0.15) is 0 Å². The molecule has 4 aliphatic carbocycles. The maximum Gasteiger partial charge on any atom is 0.341 e. The number of thiophene rings is 1. The smallest absolute Gasteiger partial charge is 0.341 e. The SMILES string of the molecule is COC(=O)c1c(-c2ccc(C)cc2)csc1NC(=O)CN1CCN(C2C3CC4CC(C3)CC2C4)CC1. The van der Waals surface area contributed by atoms with Gasteiger partial charge in [-0.05, 0) is 68.3 Å². The number of amides is 1. The molecule has 5 aliphatic rings. The fourth-order valence-electron chi connectivity index (χ4n) is 7.78. The summed E-state index contributed by atoms with van der Waals surface area (Å²) in [6.07, 6.45) is 7.31. The van der Waals surface area contributed by atoms with Gasteiger partial charge in [0.1, 0.15) is 10.6 Å². The highest BCUT2D eigenvalue weighted by atomic mass is 32.1. The normalized spacial score (nSPS) is 29.9. The minimum Gasteiger partial charge on any atom is -0.465 e. The Bertz CT molecular complexity index is 1090. The first-order valence-electron chi connectivity index (χ1n) is 13.5. The van der Waals surface area contributed by atoms with Gasteiger partial charge in [-0.15, -0.1) is 11.3 Å². The molecule has 6 nitrogen and oxygen atoms in total. The Balaban J connectivity index is 1.07. The lowest BCUT2D eigenvalue weighted by Gasteiger charge is -2.58. The maximum absolute atomic E-state index is 13.0. The first kappa shape index (κ1) is 24.1. The molecule has 4 saturated carbocycles. The van der Waals surface area contributed by atoms with E-state index in [1.165, 1.54) is 50.6 Å². The number of carbonyl (C=O) groups is 2. The van der Waals surface area contributed by atoms with Gasteiger partial charge in [0.05, 0.1) is 13.7 Å². The van der Waals surface area contributed by atoms with E-state index in [0.29, 0.717) is 17.1 Å². The predicted octanol–water partition coefficient (Wildman–Crippen LogP) is 4.89. The average Bonchev–Trinajstić information content (AvgIpc) is 3.27. The van der Waals surface area contributed by atoms with Crippen LogP contribution in [0.3, 0.4) is 0 Å². The predicted molar refractivity (Wildman–Crippen MR) is 143 cm³/mol. The van der Waals surface area contributed by atoms with Gasteiger partial charge in [-0.25, -0.2) is 4.79 Å². The van der Waals surface area contributed by atoms with Crippen LogP contribution >= 0.6 is 11.3 Å². The van der Waals surface area contributed by atoms with Gasteiger partial charge >= 0.3 is 5.97 Å². The van der Waals surface area contributed by atoms with Crippen LogP contribution in [0.2, 0.25) is 0 Å². The Morgan fingerprint density at radius 1 is 0.972 bits per heavy atom. The van der Waals surface area contributed by atoms with E-state index >= 15 is 0 Å². The number of anilines is 1. The second-order valence-electron chi connectivity index (χ2n) is 11.5. The van der Waals surface area contributed by atoms with Gasteiger partial charge in [0, 0.05) is 43.2 Å². The Morgan fingerprint density at radius 3 is 2.22 bits per heavy atom. The average molecular weight is 508 g/mol. The summed E-state index contributed by atoms with van der Waals surface area (Å²) in [6, 6.07) is 8.82. The van der Waals surface area contributed by atoms with Crippen LogP contribution in [0.1, 0.15) is 48.0 Å². The molecular formula is C29H37N3O3S. The number of nitrogens with zero attached hydrogens (tertiary/aromatic N) is 2. The monoisotopic (exact) mass is 507 g/mol. The van der Waals surface area contributed by atoms with Gasteiger partial charge in [-0.1, -0.05) is 29.8 Å². The van der Waals surface area contributed by atoms with Crippen molar-refractivity contribution in [3.8, 4) is 11.1 Å². The number of ether oxygens (including phenoxy) is 1. The van der Waals surface area contributed by atoms with Crippen LogP contribution in [0.4, 0.5) is 5.00 Å². The summed E-state index contributed by atoms with van der Waals surface area (Å²) in [5.41, 5.74) is 3.34. The zero-order valence-corrected chi connectivity index (χ0v) is 22.2. The number of benzene rings is 1. The van der Waals surface area contributed by atoms with Gasteiger partial charge in [-0.3, -0.25) is 14.6 Å². The zero-order valence-electron chi connectivity index (χ0n) is 21.4. The number of piperazine rings is 1. The van der Waals surface area contributed by atoms with E-state index in [2.05, 4.69) is 15.1 Å². The quantitative estimate of drug-likeness (QED) is 0.564. The molecule has 1 saturated heterocycles. The third-order valence-electron chi connectivity index (χ3n) is 9.17. The van der Waals surface area contributed by atoms with E-state index in [4.69, 9.17) is 4.74 Å². The maximum atomic E-state index is 13.0. The molecule has 192 valence electrons. The Morgan fingerprint density at radius 2 is 1.61 bits per heavy atom. The molecule has 2 heterocycles. The highest BCUT2D eigenvalue weighted by Crippen LogP contribution is 2.55. The van der Waals surface area contributed by atoms with Crippen molar-refractivity contribution in [2.24, 2.45) is 23.7 Å². The summed E-state index contributed by atoms with van der Waals surface area (Å²) in [5, 5.41) is 5.51. The first-order valence-corrected chi connectivity index (χ1v) is 14.4. The number of methoxy groups -OCH3 is 1. The third-order valence-corrected chi connectivity index (χ3v) is 10.1. The minimum absolute atomic E-state index is 0.0690. The summed E-state index contributed by atoms with van der Waals surface area (Å²) in [7, 11) is 1.38. The molecule has 7 rings (SSSR count). The number of hydrogen-bond donors (Lipinski definition) is 1. The number of nitrogens with one attached hydrogen (secondary N) is 1. The second kappa shape index (κ2) is 9.92. The number of aryl methyl sites for hydroxylation is 1. The van der Waals surface area contributed by atoms with Crippen LogP contribution in [-0.2, 0) is 9.53 Å². The van der Waals surface area contributed by atoms with Crippen molar-refractivity contribution < 1.29 is 14.3 Å². The molecule has 0 atom stereocenters. The van der Waals surface area contributed by atoms with Gasteiger partial charge in [0.2, 0.25) is 5.91 Å². The molecule has 1 aromatic carbocycles. The fraction of sp³-hybridized carbons (Fsp3) is 0.586. The fourth-order valence-corrected chi connectivity index (χ4v) is 8.76. The molecule has 1 amide bonds. The van der Waals surface area contributed by atoms with E-state index in [9.17, 15) is 9.59 Å². The van der Waals surface area contributed by atoms with Crippen LogP contribution in [0.15, 0.2) is 29.6 Å². The van der Waals surface area contributed by atoms with E-state index in [-0.39, 0.29) is 5.91 Å². The second-order valence-corrected chi connectivity index (χ2v) is 12.4. The molecule has 0 unspecified atom stereocenters. The molecular weight excluding hydrogens is 470 g/mol. The molecule has 1 N–H and O–H groups in total. The molecule has 2 aromatic rings. The lowest BCUT2D eigenvalue weighted by atomic mass is 9.54. The summed E-state index contributed by atoms with van der Waals surface area (Å²) >= 11 is 1.38. The lowest BCUT2D eigenvalue weighted by molar-refractivity contribution is -0.118. The van der Waals surface area contributed by atoms with Gasteiger partial charge < -0.3 is 10.1 Å². The van der Waals surface area contributed by atoms with E-state index in [1.54, 1.807) is 0 Å². The third kappa shape index (κ3) is 4.61. The van der Waals surface area contributed by atoms with E-state index < -0.39 is 5.97 Å². The Hall–Kier alpha value is -2.22. The van der Waals surface area contributed by atoms with Crippen molar-refractivity contribution in [1.82, 2.24) is 9.80 Å². The number of carbonyl (C=O) groups excluding carboxylic acids is 2. The van der Waals surface area contributed by atoms with Crippen LogP contribution in [-0.4, -0.2) is 67.6 Å². The van der Waals surface area contributed by atoms with Crippen molar-refractivity contribution in [2.45, 2.75) is 45.1 Å². The van der Waals surface area contributed by atoms with E-state index in [1.807, 2.05) is 36.6 Å². The summed E-state index contributed by atoms with van der Waals surface area (Å²) in [6.45, 7) is 6.37. The van der Waals surface area contributed by atoms with Crippen molar-refractivity contribution in [1.29, 1.82) is 0 Å². The van der Waals surface area contributed by atoms with Crippen molar-refractivity contribution in [2.75, 3.05) is 45.2 Å². The molecule has 36 heavy (non-hydrogen) atoms. The summed E-state index contributed by atoms with van der Waals surface area (Å²) < 4.78 is 5.06. The first-order chi connectivity index (χ1) is 17.5. The Kier molecular flexibility index (Phi) is 6.65. The molecule has 7 heteroatoms. The van der Waals surface area contributed by atoms with Crippen LogP contribution in [0, 0.1) is 30.6 Å². The molecule has 5 fully saturated rings. The van der Waals surface area contributed by atoms with Crippen molar-refractivity contribution in [3.05, 3.63) is 40.8 Å². The van der Waals surface area contributed by atoms with Crippen LogP contribution < -0.4 is 5.32 Å². The molecule has 1 aliphatic heterocycles.